The molecule has 0 aromatic carbocycles. The molecule has 0 aliphatic carbocycles. The van der Waals surface area contributed by atoms with Crippen molar-refractivity contribution in [3.05, 3.63) is 0 Å². The molecule has 0 spiro atoms. The number of rotatable bonds is 0. The van der Waals surface area contributed by atoms with Gasteiger partial charge in [0.15, 0.2) is 0 Å². The van der Waals surface area contributed by atoms with Gasteiger partial charge in [0.25, 0.3) is 0 Å². The number of halogens is 3. The Morgan fingerprint density at radius 3 is 1.00 bits per heavy atom. The maximum Gasteiger partial charge on any atom is 0 e. The minimum atomic E-state index is -4.10. The average Bonchev–Trinajstić information content (AvgIpc) is 0.811. The zero-order valence-corrected chi connectivity index (χ0v) is 3.81. The van der Waals surface area contributed by atoms with Crippen LogP contribution in [0.1, 0.15) is 0 Å². The van der Waals surface area contributed by atoms with E-state index in [9.17, 15) is 10.7 Å². The molecular weight excluding hydrogens is 175 g/mol. The maximum absolute atomic E-state index is 9.73. The molecule has 40 valence electrons. The molecule has 0 fully saturated rings. The summed E-state index contributed by atoms with van der Waals surface area (Å²) < 4.78 is 29.2. The van der Waals surface area contributed by atoms with Crippen LogP contribution >= 0.6 is 0 Å². The van der Waals surface area contributed by atoms with E-state index < -0.39 is 15.0 Å². The molecule has 5 heteroatoms. The first-order chi connectivity index (χ1) is 1.73. The van der Waals surface area contributed by atoms with Crippen LogP contribution in [0, 0.1) is 0 Å². The third kappa shape index (κ3) is 59.7. The first-order valence-corrected chi connectivity index (χ1v) is 1.56. The van der Waals surface area contributed by atoms with E-state index in [1.54, 1.807) is 0 Å². The Labute approximate surface area is 42.8 Å². The Hall–Kier alpha value is 0.790. The van der Waals surface area contributed by atoms with Gasteiger partial charge in [-0.05, 0) is 0 Å². The number of hydrogen-bond acceptors (Lipinski definition) is 0. The second-order valence-electron chi connectivity index (χ2n) is 0.143. The van der Waals surface area contributed by atoms with Gasteiger partial charge in [-0.2, -0.15) is 0 Å². The molecule has 0 rings (SSSR count). The van der Waals surface area contributed by atoms with Gasteiger partial charge in [0, 0.05) is 16.5 Å². The summed E-state index contributed by atoms with van der Waals surface area (Å²) >= 11 is -4.10. The van der Waals surface area contributed by atoms with Crippen molar-refractivity contribution in [2.45, 2.75) is 0 Å². The molecule has 0 saturated carbocycles. The third-order valence-corrected chi connectivity index (χ3v) is 0. The van der Waals surface area contributed by atoms with E-state index in [1.807, 2.05) is 0 Å². The van der Waals surface area contributed by atoms with Crippen LogP contribution in [0.25, 0.3) is 0 Å². The monoisotopic (exact) mass is 174 g/mol. The van der Waals surface area contributed by atoms with E-state index in [2.05, 4.69) is 0 Å². The van der Waals surface area contributed by atoms with E-state index in [-0.39, 0.29) is 16.5 Å². The molecule has 0 radical (unpaired) electrons. The number of hydrogen-bond donors (Lipinski definition) is 0. The van der Waals surface area contributed by atoms with Crippen LogP contribution in [0.4, 0.5) is 10.7 Å². The first-order valence-electron chi connectivity index (χ1n) is 0.378. The normalized spacial score (nSPS) is 9.00. The minimum Gasteiger partial charge on any atom is 0 e. The van der Waals surface area contributed by atoms with Crippen molar-refractivity contribution >= 4 is 0 Å². The molecule has 0 aliphatic rings. The summed E-state index contributed by atoms with van der Waals surface area (Å²) in [7, 11) is 0. The fraction of sp³-hybridized carbons (Fsp3) is 0. The van der Waals surface area contributed by atoms with Crippen LogP contribution in [-0.4, -0.2) is 0 Å². The van der Waals surface area contributed by atoms with E-state index in [0.29, 0.717) is 0 Å². The van der Waals surface area contributed by atoms with Crippen LogP contribution < -0.4 is 0 Å². The van der Waals surface area contributed by atoms with Gasteiger partial charge in [-0.3, -0.25) is 0 Å². The summed E-state index contributed by atoms with van der Waals surface area (Å²) in [6, 6.07) is 0. The molecule has 0 bridgehead atoms. The van der Waals surface area contributed by atoms with Gasteiger partial charge in [-0.1, -0.05) is 0 Å². The molecule has 0 N–H and O–H groups in total. The zero-order chi connectivity index (χ0) is 3.58. The smallest absolute Gasteiger partial charge is 0 e. The fourth-order valence-electron chi connectivity index (χ4n) is 0. The van der Waals surface area contributed by atoms with Crippen LogP contribution in [-0.2, 0) is 31.5 Å². The summed E-state index contributed by atoms with van der Waals surface area (Å²) in [4.78, 5) is 0. The van der Waals surface area contributed by atoms with Crippen molar-refractivity contribution in [2.75, 3.05) is 0 Å². The molecule has 0 saturated heterocycles. The molecule has 0 nitrogen and oxygen atoms in total. The summed E-state index contributed by atoms with van der Waals surface area (Å²) in [6.07, 6.45) is 0. The van der Waals surface area contributed by atoms with Gasteiger partial charge in [0.1, 0.15) is 0 Å². The largest absolute Gasteiger partial charge is 0 e. The molecule has 0 aromatic rings. The molecule has 0 aliphatic heterocycles. The Kier molecular flexibility index (Phi) is 8.86. The second-order valence-corrected chi connectivity index (χ2v) is 0.589. The Bertz CT molecular complexity index is 11.6. The standard InChI is InChI=1S/Co.3FH.Ni/h;3*1H;/q+3;;;;/p-3. The molecule has 0 amide bonds. The Morgan fingerprint density at radius 2 is 1.00 bits per heavy atom. The zero-order valence-electron chi connectivity index (χ0n) is 1.78. The molecule has 0 unspecified atom stereocenters. The van der Waals surface area contributed by atoms with Crippen molar-refractivity contribution in [3.8, 4) is 0 Å². The van der Waals surface area contributed by atoms with E-state index in [4.69, 9.17) is 0 Å². The predicted octanol–water partition coefficient (Wildman–Crippen LogP) is 1.26. The molecule has 0 aromatic heterocycles. The third-order valence-electron chi connectivity index (χ3n) is 0. The van der Waals surface area contributed by atoms with E-state index in [0.717, 1.165) is 0 Å². The van der Waals surface area contributed by atoms with Gasteiger partial charge in [0.2, 0.25) is 0 Å². The molecule has 0 atom stereocenters. The Balaban J connectivity index is 0. The van der Waals surface area contributed by atoms with Gasteiger partial charge in [-0.25, -0.2) is 0 Å². The van der Waals surface area contributed by atoms with Crippen molar-refractivity contribution in [1.29, 1.82) is 0 Å². The van der Waals surface area contributed by atoms with Gasteiger partial charge in [-0.15, -0.1) is 0 Å². The summed E-state index contributed by atoms with van der Waals surface area (Å²) in [5, 5.41) is 0. The molecule has 0 heterocycles. The van der Waals surface area contributed by atoms with Gasteiger partial charge in [0.05, 0.1) is 0 Å². The molecule has 5 heavy (non-hydrogen) atoms. The predicted molar refractivity (Wildman–Crippen MR) is 3.32 cm³/mol. The fourth-order valence-corrected chi connectivity index (χ4v) is 0. The molecular formula is CoF3Ni. The van der Waals surface area contributed by atoms with Crippen LogP contribution in [0.2, 0.25) is 0 Å². The van der Waals surface area contributed by atoms with Crippen LogP contribution in [0.3, 0.4) is 0 Å². The van der Waals surface area contributed by atoms with Gasteiger partial charge < -0.3 is 0 Å². The summed E-state index contributed by atoms with van der Waals surface area (Å²) in [5.41, 5.74) is 0. The summed E-state index contributed by atoms with van der Waals surface area (Å²) in [6.45, 7) is 0. The Morgan fingerprint density at radius 1 is 1.00 bits per heavy atom. The summed E-state index contributed by atoms with van der Waals surface area (Å²) in [5.74, 6) is 0. The second kappa shape index (κ2) is 4.79. The quantitative estimate of drug-likeness (QED) is 0.485. The minimum absolute atomic E-state index is 0. The van der Waals surface area contributed by atoms with Crippen molar-refractivity contribution < 1.29 is 42.2 Å². The van der Waals surface area contributed by atoms with Crippen molar-refractivity contribution in [3.63, 3.8) is 0 Å². The first kappa shape index (κ1) is 9.25. The van der Waals surface area contributed by atoms with Crippen LogP contribution in [0.5, 0.6) is 0 Å². The SMILES string of the molecule is [F][Co]([F])[F].[Ni]. The van der Waals surface area contributed by atoms with Crippen molar-refractivity contribution in [1.82, 2.24) is 0 Å². The average molecular weight is 175 g/mol. The van der Waals surface area contributed by atoms with E-state index in [1.165, 1.54) is 0 Å². The van der Waals surface area contributed by atoms with Crippen LogP contribution in [0.15, 0.2) is 0 Å². The van der Waals surface area contributed by atoms with Gasteiger partial charge >= 0.3 is 25.7 Å². The van der Waals surface area contributed by atoms with E-state index >= 15 is 0 Å². The maximum atomic E-state index is 9.73. The van der Waals surface area contributed by atoms with Crippen molar-refractivity contribution in [2.24, 2.45) is 0 Å². The topological polar surface area (TPSA) is 0 Å².